The predicted octanol–water partition coefficient (Wildman–Crippen LogP) is 4.11. The lowest BCUT2D eigenvalue weighted by Crippen LogP contribution is -2.31. The summed E-state index contributed by atoms with van der Waals surface area (Å²) in [7, 11) is 0. The van der Waals surface area contributed by atoms with Crippen molar-refractivity contribution < 1.29 is 9.18 Å². The van der Waals surface area contributed by atoms with Crippen LogP contribution in [0.4, 0.5) is 10.1 Å². The Bertz CT molecular complexity index is 637. The molecule has 0 saturated carbocycles. The van der Waals surface area contributed by atoms with Crippen molar-refractivity contribution in [1.29, 1.82) is 0 Å². The maximum absolute atomic E-state index is 13.1. The number of rotatable bonds is 3. The van der Waals surface area contributed by atoms with Crippen molar-refractivity contribution in [3.63, 3.8) is 0 Å². The first-order valence-electron chi connectivity index (χ1n) is 6.67. The number of benzene rings is 2. The van der Waals surface area contributed by atoms with Crippen molar-refractivity contribution in [2.45, 2.75) is 20.8 Å². The average Bonchev–Trinajstić information content (AvgIpc) is 2.39. The van der Waals surface area contributed by atoms with E-state index in [-0.39, 0.29) is 11.7 Å². The van der Waals surface area contributed by atoms with E-state index in [1.807, 2.05) is 38.1 Å². The van der Waals surface area contributed by atoms with Crippen LogP contribution in [0.3, 0.4) is 0 Å². The van der Waals surface area contributed by atoms with Crippen molar-refractivity contribution in [1.82, 2.24) is 0 Å². The fraction of sp³-hybridized carbons (Fsp3) is 0.235. The number of anilines is 1. The molecule has 0 saturated heterocycles. The summed E-state index contributed by atoms with van der Waals surface area (Å²) in [6.07, 6.45) is 0. The van der Waals surface area contributed by atoms with Gasteiger partial charge in [0.15, 0.2) is 0 Å². The van der Waals surface area contributed by atoms with Crippen LogP contribution in [0.5, 0.6) is 0 Å². The third-order valence-corrected chi connectivity index (χ3v) is 3.29. The number of amides is 1. The lowest BCUT2D eigenvalue weighted by Gasteiger charge is -2.22. The van der Waals surface area contributed by atoms with Crippen molar-refractivity contribution in [2.24, 2.45) is 0 Å². The van der Waals surface area contributed by atoms with Gasteiger partial charge in [0, 0.05) is 17.8 Å². The molecule has 0 bridgehead atoms. The lowest BCUT2D eigenvalue weighted by molar-refractivity contribution is 0.0987. The van der Waals surface area contributed by atoms with Gasteiger partial charge in [-0.1, -0.05) is 12.1 Å². The summed E-state index contributed by atoms with van der Waals surface area (Å²) >= 11 is 0. The molecule has 2 rings (SSSR count). The summed E-state index contributed by atoms with van der Waals surface area (Å²) in [5.74, 6) is -0.423. The summed E-state index contributed by atoms with van der Waals surface area (Å²) in [5.41, 5.74) is 3.15. The molecule has 0 heterocycles. The van der Waals surface area contributed by atoms with Crippen LogP contribution in [0.25, 0.3) is 0 Å². The molecule has 1 amide bonds. The van der Waals surface area contributed by atoms with Crippen LogP contribution in [0.15, 0.2) is 42.5 Å². The second kappa shape index (κ2) is 5.87. The highest BCUT2D eigenvalue weighted by Crippen LogP contribution is 2.20. The van der Waals surface area contributed by atoms with Gasteiger partial charge in [-0.05, 0) is 62.2 Å². The van der Waals surface area contributed by atoms with Gasteiger partial charge in [0.1, 0.15) is 5.82 Å². The molecule has 2 aromatic rings. The molecule has 0 spiro atoms. The quantitative estimate of drug-likeness (QED) is 0.822. The molecule has 0 unspecified atom stereocenters. The number of carbonyl (C=O) groups is 1. The van der Waals surface area contributed by atoms with Gasteiger partial charge in [0.05, 0.1) is 0 Å². The highest BCUT2D eigenvalue weighted by molar-refractivity contribution is 6.07. The first-order valence-corrected chi connectivity index (χ1v) is 6.67. The monoisotopic (exact) mass is 271 g/mol. The molecule has 0 aliphatic heterocycles. The van der Waals surface area contributed by atoms with E-state index in [0.29, 0.717) is 17.7 Å². The molecule has 0 aliphatic carbocycles. The zero-order chi connectivity index (χ0) is 14.7. The van der Waals surface area contributed by atoms with E-state index in [0.717, 1.165) is 11.3 Å². The highest BCUT2D eigenvalue weighted by Gasteiger charge is 2.18. The van der Waals surface area contributed by atoms with Crippen molar-refractivity contribution in [3.8, 4) is 0 Å². The second-order valence-corrected chi connectivity index (χ2v) is 4.85. The van der Waals surface area contributed by atoms with Crippen LogP contribution in [0.2, 0.25) is 0 Å². The Morgan fingerprint density at radius 3 is 2.50 bits per heavy atom. The fourth-order valence-corrected chi connectivity index (χ4v) is 2.25. The van der Waals surface area contributed by atoms with Crippen LogP contribution in [0.1, 0.15) is 28.4 Å². The maximum atomic E-state index is 13.1. The SMILES string of the molecule is CCN(C(=O)c1ccc(F)cc1C)c1cccc(C)c1. The molecule has 3 heteroatoms. The first kappa shape index (κ1) is 14.3. The normalized spacial score (nSPS) is 10.4. The van der Waals surface area contributed by atoms with E-state index < -0.39 is 0 Å². The van der Waals surface area contributed by atoms with E-state index in [4.69, 9.17) is 0 Å². The Kier molecular flexibility index (Phi) is 4.18. The number of carbonyl (C=O) groups excluding carboxylic acids is 1. The molecule has 20 heavy (non-hydrogen) atoms. The topological polar surface area (TPSA) is 20.3 Å². The lowest BCUT2D eigenvalue weighted by atomic mass is 10.1. The van der Waals surface area contributed by atoms with Gasteiger partial charge in [-0.3, -0.25) is 4.79 Å². The van der Waals surface area contributed by atoms with Crippen molar-refractivity contribution >= 4 is 11.6 Å². The Hall–Kier alpha value is -2.16. The minimum atomic E-state index is -0.322. The third-order valence-electron chi connectivity index (χ3n) is 3.29. The summed E-state index contributed by atoms with van der Waals surface area (Å²) in [6.45, 7) is 6.24. The van der Waals surface area contributed by atoms with Crippen LogP contribution in [-0.4, -0.2) is 12.5 Å². The van der Waals surface area contributed by atoms with Gasteiger partial charge in [0.25, 0.3) is 5.91 Å². The van der Waals surface area contributed by atoms with Gasteiger partial charge in [0.2, 0.25) is 0 Å². The van der Waals surface area contributed by atoms with Crippen molar-refractivity contribution in [2.75, 3.05) is 11.4 Å². The zero-order valence-electron chi connectivity index (χ0n) is 12.0. The number of nitrogens with zero attached hydrogens (tertiary/aromatic N) is 1. The molecule has 0 atom stereocenters. The zero-order valence-corrected chi connectivity index (χ0v) is 12.0. The average molecular weight is 271 g/mol. The Morgan fingerprint density at radius 1 is 1.15 bits per heavy atom. The van der Waals surface area contributed by atoms with Crippen LogP contribution in [-0.2, 0) is 0 Å². The van der Waals surface area contributed by atoms with E-state index in [1.54, 1.807) is 17.9 Å². The minimum Gasteiger partial charge on any atom is -0.309 e. The van der Waals surface area contributed by atoms with E-state index >= 15 is 0 Å². The van der Waals surface area contributed by atoms with Gasteiger partial charge in [-0.15, -0.1) is 0 Å². The Morgan fingerprint density at radius 2 is 1.90 bits per heavy atom. The van der Waals surface area contributed by atoms with E-state index in [1.165, 1.54) is 12.1 Å². The van der Waals surface area contributed by atoms with Gasteiger partial charge >= 0.3 is 0 Å². The van der Waals surface area contributed by atoms with Crippen molar-refractivity contribution in [3.05, 3.63) is 65.0 Å². The molecule has 0 N–H and O–H groups in total. The third kappa shape index (κ3) is 2.87. The molecule has 2 aromatic carbocycles. The van der Waals surface area contributed by atoms with Gasteiger partial charge in [-0.2, -0.15) is 0 Å². The van der Waals surface area contributed by atoms with Crippen LogP contribution in [0, 0.1) is 19.7 Å². The number of hydrogen-bond donors (Lipinski definition) is 0. The van der Waals surface area contributed by atoms with Gasteiger partial charge < -0.3 is 4.90 Å². The van der Waals surface area contributed by atoms with Gasteiger partial charge in [-0.25, -0.2) is 4.39 Å². The van der Waals surface area contributed by atoms with Crippen LogP contribution < -0.4 is 4.90 Å². The molecular weight excluding hydrogens is 253 g/mol. The summed E-state index contributed by atoms with van der Waals surface area (Å²) in [6, 6.07) is 12.1. The number of aryl methyl sites for hydroxylation is 2. The summed E-state index contributed by atoms with van der Waals surface area (Å²) in [4.78, 5) is 14.3. The highest BCUT2D eigenvalue weighted by atomic mass is 19.1. The molecule has 2 nitrogen and oxygen atoms in total. The molecule has 104 valence electrons. The standard InChI is InChI=1S/C17H18FNO/c1-4-19(15-7-5-6-12(2)10-15)17(20)16-9-8-14(18)11-13(16)3/h5-11H,4H2,1-3H3. The number of halogens is 1. The Balaban J connectivity index is 2.39. The van der Waals surface area contributed by atoms with E-state index in [9.17, 15) is 9.18 Å². The minimum absolute atomic E-state index is 0.101. The smallest absolute Gasteiger partial charge is 0.258 e. The summed E-state index contributed by atoms with van der Waals surface area (Å²) < 4.78 is 13.1. The second-order valence-electron chi connectivity index (χ2n) is 4.85. The maximum Gasteiger partial charge on any atom is 0.258 e. The van der Waals surface area contributed by atoms with E-state index in [2.05, 4.69) is 0 Å². The largest absolute Gasteiger partial charge is 0.309 e. The molecule has 0 fully saturated rings. The molecular formula is C17H18FNO. The first-order chi connectivity index (χ1) is 9.52. The van der Waals surface area contributed by atoms with Crippen LogP contribution >= 0.6 is 0 Å². The number of hydrogen-bond acceptors (Lipinski definition) is 1. The summed E-state index contributed by atoms with van der Waals surface area (Å²) in [5, 5.41) is 0. The predicted molar refractivity (Wildman–Crippen MR) is 79.7 cm³/mol. The molecule has 0 radical (unpaired) electrons. The Labute approximate surface area is 118 Å². The fourth-order valence-electron chi connectivity index (χ4n) is 2.25. The molecule has 0 aromatic heterocycles. The molecule has 0 aliphatic rings.